The van der Waals surface area contributed by atoms with E-state index in [1.54, 1.807) is 13.1 Å². The summed E-state index contributed by atoms with van der Waals surface area (Å²) in [4.78, 5) is 2.22. The van der Waals surface area contributed by atoms with E-state index in [4.69, 9.17) is 14.2 Å². The van der Waals surface area contributed by atoms with E-state index in [9.17, 15) is 13.5 Å². The third-order valence-corrected chi connectivity index (χ3v) is 12.7. The van der Waals surface area contributed by atoms with Crippen LogP contribution in [0.25, 0.3) is 0 Å². The number of hydrogen-bond acceptors (Lipinski definition) is 7. The fraction of sp³-hybridized carbons (Fsp3) is 0.684. The minimum absolute atomic E-state index is 0.260. The molecule has 48 heavy (non-hydrogen) atoms. The van der Waals surface area contributed by atoms with Gasteiger partial charge in [-0.05, 0) is 75.1 Å². The molecule has 0 unspecified atom stereocenters. The first-order chi connectivity index (χ1) is 23.0. The average Bonchev–Trinajstić information content (AvgIpc) is 3.14. The second-order valence-electron chi connectivity index (χ2n) is 13.5. The number of aliphatic hydroxyl groups is 1. The summed E-state index contributed by atoms with van der Waals surface area (Å²) >= 11 is 0. The number of aliphatic hydroxyl groups excluding tert-OH is 1. The van der Waals surface area contributed by atoms with Gasteiger partial charge in [-0.1, -0.05) is 51.7 Å². The smallest absolute Gasteiger partial charge is 0.243 e. The molecule has 272 valence electrons. The van der Waals surface area contributed by atoms with E-state index in [0.717, 1.165) is 74.2 Å². The minimum Gasteiger partial charge on any atom is -0.491 e. The monoisotopic (exact) mass is 690 g/mol. The van der Waals surface area contributed by atoms with Gasteiger partial charge in [0.25, 0.3) is 0 Å². The Balaban J connectivity index is 1.77. The zero-order valence-electron chi connectivity index (χ0n) is 31.0. The van der Waals surface area contributed by atoms with E-state index in [1.165, 1.54) is 4.31 Å². The maximum Gasteiger partial charge on any atom is 0.243 e. The molecule has 0 saturated heterocycles. The van der Waals surface area contributed by atoms with E-state index >= 15 is 0 Å². The summed E-state index contributed by atoms with van der Waals surface area (Å²) in [5.74, 6) is 0.159. The summed E-state index contributed by atoms with van der Waals surface area (Å²) in [6.07, 6.45) is 3.71. The molecule has 2 aromatic rings. The van der Waals surface area contributed by atoms with Crippen molar-refractivity contribution in [3.05, 3.63) is 53.6 Å². The van der Waals surface area contributed by atoms with E-state index in [1.807, 2.05) is 55.4 Å². The molecule has 2 aromatic carbocycles. The SMILES string of the molecule is CCCCC1(CCCC)[C@H](O)[C@H](c2ccc(OCCOCCOCC[N+](CC)(CC)CC)cc2)c2cc(N(C)C)ccc2S(=O)(=O)N1C. The van der Waals surface area contributed by atoms with Crippen LogP contribution in [-0.4, -0.2) is 114 Å². The predicted octanol–water partition coefficient (Wildman–Crippen LogP) is 6.29. The third kappa shape index (κ3) is 9.31. The summed E-state index contributed by atoms with van der Waals surface area (Å²) in [5, 5.41) is 12.5. The number of ether oxygens (including phenoxy) is 3. The van der Waals surface area contributed by atoms with Crippen molar-refractivity contribution in [1.29, 1.82) is 0 Å². The van der Waals surface area contributed by atoms with E-state index < -0.39 is 27.6 Å². The Labute approximate surface area is 291 Å². The standard InChI is InChI=1S/C38H64N3O6S/c1-9-14-22-38(23-15-10-2)37(42)36(34-30-32(39(6)7)18-21-35(34)48(43,44)40(38)8)31-16-19-33(20-17-31)47-29-28-46-27-26-45-25-24-41(11-3,12-4)13-5/h16-21,30,36-37,42H,9-15,22-29H2,1-8H3/q+1/t36-,37-/m1/s1. The molecule has 0 radical (unpaired) electrons. The van der Waals surface area contributed by atoms with Crippen LogP contribution in [0.4, 0.5) is 5.69 Å². The van der Waals surface area contributed by atoms with Gasteiger partial charge in [-0.3, -0.25) is 0 Å². The lowest BCUT2D eigenvalue weighted by molar-refractivity contribution is -0.923. The van der Waals surface area contributed by atoms with Crippen molar-refractivity contribution in [2.75, 3.05) is 85.3 Å². The number of likely N-dealkylation sites (N-methyl/N-ethyl adjacent to an activating group) is 2. The number of sulfonamides is 1. The van der Waals surface area contributed by atoms with Crippen LogP contribution in [0, 0.1) is 0 Å². The van der Waals surface area contributed by atoms with Gasteiger partial charge in [0.15, 0.2) is 0 Å². The zero-order chi connectivity index (χ0) is 35.4. The number of nitrogens with zero attached hydrogens (tertiary/aromatic N) is 3. The average molecular weight is 691 g/mol. The Bertz CT molecular complexity index is 1330. The second kappa shape index (κ2) is 18.7. The number of hydrogen-bond donors (Lipinski definition) is 1. The van der Waals surface area contributed by atoms with Crippen LogP contribution in [-0.2, 0) is 19.5 Å². The van der Waals surface area contributed by atoms with Gasteiger partial charge in [-0.15, -0.1) is 0 Å². The van der Waals surface area contributed by atoms with E-state index in [2.05, 4.69) is 34.6 Å². The van der Waals surface area contributed by atoms with Gasteiger partial charge in [0, 0.05) is 32.7 Å². The van der Waals surface area contributed by atoms with E-state index in [-0.39, 0.29) is 4.90 Å². The van der Waals surface area contributed by atoms with Gasteiger partial charge in [0.2, 0.25) is 10.0 Å². The number of unbranched alkanes of at least 4 members (excludes halogenated alkanes) is 2. The summed E-state index contributed by atoms with van der Waals surface area (Å²) in [7, 11) is 1.66. The van der Waals surface area contributed by atoms with Crippen LogP contribution in [0.1, 0.15) is 90.2 Å². The molecule has 0 fully saturated rings. The molecular formula is C38H64N3O6S+. The normalized spacial score (nSPS) is 19.1. The minimum atomic E-state index is -3.88. The summed E-state index contributed by atoms with van der Waals surface area (Å²) < 4.78 is 48.8. The Kier molecular flexibility index (Phi) is 15.7. The van der Waals surface area contributed by atoms with Gasteiger partial charge in [-0.25, -0.2) is 8.42 Å². The number of quaternary nitrogens is 1. The molecule has 2 atom stereocenters. The van der Waals surface area contributed by atoms with Gasteiger partial charge < -0.3 is 28.7 Å². The van der Waals surface area contributed by atoms with Crippen LogP contribution in [0.2, 0.25) is 0 Å². The molecule has 0 saturated carbocycles. The maximum absolute atomic E-state index is 14.3. The Morgan fingerprint density at radius 1 is 0.833 bits per heavy atom. The lowest BCUT2D eigenvalue weighted by atomic mass is 9.72. The van der Waals surface area contributed by atoms with Crippen molar-refractivity contribution >= 4 is 15.7 Å². The van der Waals surface area contributed by atoms with Crippen LogP contribution in [0.5, 0.6) is 5.75 Å². The summed E-state index contributed by atoms with van der Waals surface area (Å²) in [6.45, 7) is 18.0. The number of anilines is 1. The highest BCUT2D eigenvalue weighted by molar-refractivity contribution is 7.89. The lowest BCUT2D eigenvalue weighted by Gasteiger charge is -2.45. The molecule has 10 heteroatoms. The Morgan fingerprint density at radius 2 is 1.40 bits per heavy atom. The van der Waals surface area contributed by atoms with Gasteiger partial charge >= 0.3 is 0 Å². The predicted molar refractivity (Wildman–Crippen MR) is 196 cm³/mol. The molecule has 1 aliphatic rings. The Hall–Kier alpha value is -2.21. The van der Waals surface area contributed by atoms with Crippen LogP contribution in [0.15, 0.2) is 47.4 Å². The molecule has 0 spiro atoms. The number of rotatable bonds is 21. The molecule has 0 amide bonds. The molecule has 1 heterocycles. The van der Waals surface area contributed by atoms with Gasteiger partial charge in [0.1, 0.15) is 18.9 Å². The highest BCUT2D eigenvalue weighted by Crippen LogP contribution is 2.48. The zero-order valence-corrected chi connectivity index (χ0v) is 31.9. The first-order valence-electron chi connectivity index (χ1n) is 18.2. The summed E-state index contributed by atoms with van der Waals surface area (Å²) in [6, 6.07) is 13.2. The van der Waals surface area contributed by atoms with E-state index in [0.29, 0.717) is 50.6 Å². The molecule has 1 aliphatic heterocycles. The number of benzene rings is 2. The highest BCUT2D eigenvalue weighted by Gasteiger charge is 2.53. The molecule has 0 aromatic heterocycles. The van der Waals surface area contributed by atoms with Crippen molar-refractivity contribution in [1.82, 2.24) is 4.31 Å². The van der Waals surface area contributed by atoms with Crippen molar-refractivity contribution in [3.8, 4) is 5.75 Å². The molecule has 0 aliphatic carbocycles. The molecule has 9 nitrogen and oxygen atoms in total. The van der Waals surface area contributed by atoms with Crippen LogP contribution in [0.3, 0.4) is 0 Å². The van der Waals surface area contributed by atoms with Gasteiger partial charge in [0.05, 0.1) is 62.6 Å². The molecule has 0 bridgehead atoms. The van der Waals surface area contributed by atoms with Crippen molar-refractivity contribution in [2.24, 2.45) is 0 Å². The quantitative estimate of drug-likeness (QED) is 0.122. The molecular weight excluding hydrogens is 627 g/mol. The fourth-order valence-electron chi connectivity index (χ4n) is 7.12. The largest absolute Gasteiger partial charge is 0.491 e. The fourth-order valence-corrected chi connectivity index (χ4v) is 8.91. The third-order valence-electron chi connectivity index (χ3n) is 10.7. The first-order valence-corrected chi connectivity index (χ1v) is 19.6. The highest BCUT2D eigenvalue weighted by atomic mass is 32.2. The number of fused-ring (bicyclic) bond motifs is 1. The van der Waals surface area contributed by atoms with Crippen molar-refractivity contribution in [2.45, 2.75) is 95.6 Å². The van der Waals surface area contributed by atoms with Crippen LogP contribution >= 0.6 is 0 Å². The molecule has 3 rings (SSSR count). The maximum atomic E-state index is 14.3. The molecule has 1 N–H and O–H groups in total. The first kappa shape index (κ1) is 40.2. The van der Waals surface area contributed by atoms with Gasteiger partial charge in [-0.2, -0.15) is 4.31 Å². The van der Waals surface area contributed by atoms with Crippen molar-refractivity contribution in [3.63, 3.8) is 0 Å². The van der Waals surface area contributed by atoms with Crippen LogP contribution < -0.4 is 9.64 Å². The second-order valence-corrected chi connectivity index (χ2v) is 15.4. The summed E-state index contributed by atoms with van der Waals surface area (Å²) in [5.41, 5.74) is 1.44. The van der Waals surface area contributed by atoms with Crippen molar-refractivity contribution < 1.29 is 32.2 Å². The lowest BCUT2D eigenvalue weighted by Crippen LogP contribution is -2.57. The topological polar surface area (TPSA) is 88.5 Å². The Morgan fingerprint density at radius 3 is 1.94 bits per heavy atom.